The summed E-state index contributed by atoms with van der Waals surface area (Å²) in [5.41, 5.74) is 1.77. The summed E-state index contributed by atoms with van der Waals surface area (Å²) in [5.74, 6) is 1.25. The fourth-order valence-electron chi connectivity index (χ4n) is 2.89. The van der Waals surface area contributed by atoms with Gasteiger partial charge in [-0.2, -0.15) is 0 Å². The standard InChI is InChI=1S/C23H19FN6O/c1-16-26-21(14-22(27-16)30-13-12-25-15-30)28-18-7-9-19(10-8-18)29-23(31)11-6-17-4-2-3-5-20(17)24/h2-15H,1H3,(H,29,31)(H,26,27,28)/b11-6+. The predicted molar refractivity (Wildman–Crippen MR) is 118 cm³/mol. The molecule has 0 aliphatic heterocycles. The molecule has 8 heteroatoms. The Kier molecular flexibility index (Phi) is 5.79. The molecule has 31 heavy (non-hydrogen) atoms. The Bertz CT molecular complexity index is 1220. The van der Waals surface area contributed by atoms with Crippen molar-refractivity contribution in [3.8, 4) is 5.82 Å². The number of amides is 1. The van der Waals surface area contributed by atoms with Crippen LogP contribution in [0, 0.1) is 12.7 Å². The van der Waals surface area contributed by atoms with E-state index in [1.165, 1.54) is 18.2 Å². The van der Waals surface area contributed by atoms with Gasteiger partial charge in [0.25, 0.3) is 0 Å². The summed E-state index contributed by atoms with van der Waals surface area (Å²) in [6, 6.07) is 15.3. The summed E-state index contributed by atoms with van der Waals surface area (Å²) in [6.45, 7) is 1.82. The highest BCUT2D eigenvalue weighted by Gasteiger charge is 2.05. The van der Waals surface area contributed by atoms with Gasteiger partial charge in [-0.15, -0.1) is 0 Å². The number of carbonyl (C=O) groups is 1. The summed E-state index contributed by atoms with van der Waals surface area (Å²) in [4.78, 5) is 24.9. The lowest BCUT2D eigenvalue weighted by molar-refractivity contribution is -0.111. The molecule has 7 nitrogen and oxygen atoms in total. The van der Waals surface area contributed by atoms with Gasteiger partial charge in [0.05, 0.1) is 0 Å². The van der Waals surface area contributed by atoms with E-state index in [1.54, 1.807) is 47.4 Å². The van der Waals surface area contributed by atoms with Gasteiger partial charge in [-0.3, -0.25) is 9.36 Å². The van der Waals surface area contributed by atoms with Gasteiger partial charge in [-0.25, -0.2) is 19.3 Å². The topological polar surface area (TPSA) is 84.7 Å². The zero-order valence-electron chi connectivity index (χ0n) is 16.7. The average molecular weight is 414 g/mol. The molecule has 0 atom stereocenters. The molecule has 154 valence electrons. The van der Waals surface area contributed by atoms with E-state index in [9.17, 15) is 9.18 Å². The van der Waals surface area contributed by atoms with Crippen LogP contribution in [0.1, 0.15) is 11.4 Å². The Labute approximate surface area is 178 Å². The normalized spacial score (nSPS) is 10.9. The molecule has 0 aliphatic carbocycles. The molecule has 0 fully saturated rings. The van der Waals surface area contributed by atoms with Crippen molar-refractivity contribution in [2.75, 3.05) is 10.6 Å². The number of aromatic nitrogens is 4. The summed E-state index contributed by atoms with van der Waals surface area (Å²) in [7, 11) is 0. The number of hydrogen-bond acceptors (Lipinski definition) is 5. The molecule has 0 aliphatic rings. The molecule has 2 N–H and O–H groups in total. The maximum atomic E-state index is 13.6. The summed E-state index contributed by atoms with van der Waals surface area (Å²) in [5, 5.41) is 5.97. The molecule has 0 saturated heterocycles. The van der Waals surface area contributed by atoms with E-state index in [2.05, 4.69) is 25.6 Å². The Balaban J connectivity index is 1.41. The third-order valence-electron chi connectivity index (χ3n) is 4.34. The maximum Gasteiger partial charge on any atom is 0.248 e. The number of nitrogens with one attached hydrogen (secondary N) is 2. The third-order valence-corrected chi connectivity index (χ3v) is 4.34. The number of carbonyl (C=O) groups excluding carboxylic acids is 1. The Hall–Kier alpha value is -4.33. The van der Waals surface area contributed by atoms with Crippen molar-refractivity contribution in [1.29, 1.82) is 0 Å². The number of hydrogen-bond donors (Lipinski definition) is 2. The van der Waals surface area contributed by atoms with Crippen LogP contribution in [-0.2, 0) is 4.79 Å². The molecular weight excluding hydrogens is 395 g/mol. The van der Waals surface area contributed by atoms with Crippen LogP contribution < -0.4 is 10.6 Å². The van der Waals surface area contributed by atoms with Crippen LogP contribution in [-0.4, -0.2) is 25.4 Å². The highest BCUT2D eigenvalue weighted by Crippen LogP contribution is 2.19. The number of rotatable bonds is 6. The molecule has 0 radical (unpaired) electrons. The van der Waals surface area contributed by atoms with Crippen LogP contribution in [0.2, 0.25) is 0 Å². The first kappa shape index (κ1) is 20.0. The summed E-state index contributed by atoms with van der Waals surface area (Å²) < 4.78 is 15.4. The Morgan fingerprint density at radius 1 is 1.06 bits per heavy atom. The SMILES string of the molecule is Cc1nc(Nc2ccc(NC(=O)/C=C/c3ccccc3F)cc2)cc(-n2ccnc2)n1. The van der Waals surface area contributed by atoms with Crippen LogP contribution in [0.3, 0.4) is 0 Å². The van der Waals surface area contributed by atoms with Gasteiger partial charge in [0.15, 0.2) is 0 Å². The zero-order chi connectivity index (χ0) is 21.6. The van der Waals surface area contributed by atoms with Gasteiger partial charge in [0.1, 0.15) is 29.6 Å². The van der Waals surface area contributed by atoms with Crippen molar-refractivity contribution in [2.45, 2.75) is 6.92 Å². The molecule has 2 aromatic carbocycles. The number of benzene rings is 2. The highest BCUT2D eigenvalue weighted by atomic mass is 19.1. The van der Waals surface area contributed by atoms with E-state index < -0.39 is 0 Å². The molecule has 0 unspecified atom stereocenters. The van der Waals surface area contributed by atoms with E-state index in [1.807, 2.05) is 31.3 Å². The van der Waals surface area contributed by atoms with E-state index in [0.717, 1.165) is 5.69 Å². The molecule has 0 saturated carbocycles. The van der Waals surface area contributed by atoms with Gasteiger partial charge in [-0.05, 0) is 43.3 Å². The average Bonchev–Trinajstić information content (AvgIpc) is 3.29. The second-order valence-electron chi connectivity index (χ2n) is 6.67. The lowest BCUT2D eigenvalue weighted by Gasteiger charge is -2.10. The number of aryl methyl sites for hydroxylation is 1. The van der Waals surface area contributed by atoms with Crippen molar-refractivity contribution in [1.82, 2.24) is 19.5 Å². The highest BCUT2D eigenvalue weighted by molar-refractivity contribution is 6.02. The minimum absolute atomic E-state index is 0.347. The van der Waals surface area contributed by atoms with Crippen LogP contribution in [0.15, 0.2) is 79.4 Å². The molecule has 2 aromatic heterocycles. The van der Waals surface area contributed by atoms with Crippen molar-refractivity contribution in [2.24, 2.45) is 0 Å². The van der Waals surface area contributed by atoms with Crippen molar-refractivity contribution < 1.29 is 9.18 Å². The van der Waals surface area contributed by atoms with Crippen LogP contribution in [0.4, 0.5) is 21.6 Å². The van der Waals surface area contributed by atoms with Crippen LogP contribution in [0.25, 0.3) is 11.9 Å². The van der Waals surface area contributed by atoms with Gasteiger partial charge >= 0.3 is 0 Å². The van der Waals surface area contributed by atoms with E-state index in [4.69, 9.17) is 0 Å². The molecular formula is C23H19FN6O. The van der Waals surface area contributed by atoms with Gasteiger partial charge < -0.3 is 10.6 Å². The lowest BCUT2D eigenvalue weighted by Crippen LogP contribution is -2.07. The lowest BCUT2D eigenvalue weighted by atomic mass is 10.2. The third kappa shape index (κ3) is 5.18. The Morgan fingerprint density at radius 3 is 2.58 bits per heavy atom. The summed E-state index contributed by atoms with van der Waals surface area (Å²) >= 11 is 0. The van der Waals surface area contributed by atoms with Gasteiger partial charge in [0, 0.05) is 41.5 Å². The van der Waals surface area contributed by atoms with Crippen LogP contribution in [0.5, 0.6) is 0 Å². The van der Waals surface area contributed by atoms with Crippen molar-refractivity contribution >= 4 is 29.2 Å². The number of halogens is 1. The molecule has 4 aromatic rings. The molecule has 0 spiro atoms. The number of anilines is 3. The first-order valence-electron chi connectivity index (χ1n) is 9.51. The zero-order valence-corrected chi connectivity index (χ0v) is 16.7. The van der Waals surface area contributed by atoms with E-state index in [0.29, 0.717) is 28.7 Å². The van der Waals surface area contributed by atoms with Crippen molar-refractivity contribution in [3.05, 3.63) is 96.6 Å². The maximum absolute atomic E-state index is 13.6. The smallest absolute Gasteiger partial charge is 0.248 e. The number of imidazole rings is 1. The fourth-order valence-corrected chi connectivity index (χ4v) is 2.89. The molecule has 0 bridgehead atoms. The molecule has 2 heterocycles. The summed E-state index contributed by atoms with van der Waals surface area (Å²) in [6.07, 6.45) is 7.90. The van der Waals surface area contributed by atoms with Crippen molar-refractivity contribution in [3.63, 3.8) is 0 Å². The fraction of sp³-hybridized carbons (Fsp3) is 0.0435. The van der Waals surface area contributed by atoms with Gasteiger partial charge in [0.2, 0.25) is 5.91 Å². The second-order valence-corrected chi connectivity index (χ2v) is 6.67. The molecule has 1 amide bonds. The largest absolute Gasteiger partial charge is 0.340 e. The first-order valence-corrected chi connectivity index (χ1v) is 9.51. The van der Waals surface area contributed by atoms with Crippen LogP contribution >= 0.6 is 0 Å². The molecule has 4 rings (SSSR count). The number of nitrogens with zero attached hydrogens (tertiary/aromatic N) is 4. The van der Waals surface area contributed by atoms with Gasteiger partial charge in [-0.1, -0.05) is 18.2 Å². The van der Waals surface area contributed by atoms with E-state index >= 15 is 0 Å². The van der Waals surface area contributed by atoms with E-state index in [-0.39, 0.29) is 11.7 Å². The Morgan fingerprint density at radius 2 is 1.84 bits per heavy atom. The monoisotopic (exact) mass is 414 g/mol. The quantitative estimate of drug-likeness (QED) is 0.454. The second kappa shape index (κ2) is 9.00. The minimum Gasteiger partial charge on any atom is -0.340 e. The first-order chi connectivity index (χ1) is 15.1. The predicted octanol–water partition coefficient (Wildman–Crippen LogP) is 4.51. The minimum atomic E-state index is -0.377.